The number of hydrogen-bond acceptors (Lipinski definition) is 8. The quantitative estimate of drug-likeness (QED) is 0.160. The van der Waals surface area contributed by atoms with Crippen molar-refractivity contribution in [1.82, 2.24) is 0 Å². The molecule has 0 spiro atoms. The third kappa shape index (κ3) is 4.60. The van der Waals surface area contributed by atoms with Crippen LogP contribution < -0.4 is 0 Å². The summed E-state index contributed by atoms with van der Waals surface area (Å²) in [4.78, 5) is 11.9. The highest BCUT2D eigenvalue weighted by Gasteiger charge is 2.75. The Morgan fingerprint density at radius 3 is 2.74 bits per heavy atom. The summed E-state index contributed by atoms with van der Waals surface area (Å²) in [6.45, 7) is 8.08. The van der Waals surface area contributed by atoms with Crippen molar-refractivity contribution in [1.29, 1.82) is 0 Å². The lowest BCUT2D eigenvalue weighted by Crippen LogP contribution is -2.61. The van der Waals surface area contributed by atoms with Crippen LogP contribution in [0.4, 0.5) is 0 Å². The smallest absolute Gasteiger partial charge is 0.308 e. The Bertz CT molecular complexity index is 827. The van der Waals surface area contributed by atoms with Gasteiger partial charge in [-0.3, -0.25) is 4.79 Å². The number of esters is 1. The average molecular weight is 611 g/mol. The van der Waals surface area contributed by atoms with E-state index in [1.807, 2.05) is 0 Å². The summed E-state index contributed by atoms with van der Waals surface area (Å²) in [5.41, 5.74) is 0. The third-order valence-corrected chi connectivity index (χ3v) is 8.23. The van der Waals surface area contributed by atoms with Crippen molar-refractivity contribution in [3.8, 4) is 0 Å². The van der Waals surface area contributed by atoms with E-state index in [-0.39, 0.29) is 42.2 Å². The molecule has 10 heteroatoms. The summed E-state index contributed by atoms with van der Waals surface area (Å²) in [6, 6.07) is 0. The molecule has 6 heterocycles. The van der Waals surface area contributed by atoms with Gasteiger partial charge in [0.15, 0.2) is 5.79 Å². The van der Waals surface area contributed by atoms with Gasteiger partial charge in [-0.2, -0.15) is 0 Å². The lowest BCUT2D eigenvalue weighted by molar-refractivity contribution is -0.304. The second-order valence-electron chi connectivity index (χ2n) is 9.78. The maximum atomic E-state index is 11.9. The topological polar surface area (TPSA) is 81.7 Å². The number of carbonyl (C=O) groups is 1. The van der Waals surface area contributed by atoms with Crippen LogP contribution in [-0.2, 0) is 38.0 Å². The summed E-state index contributed by atoms with van der Waals surface area (Å²) >= 11 is 8.79. The van der Waals surface area contributed by atoms with Crippen LogP contribution in [0.2, 0.25) is 0 Å². The van der Waals surface area contributed by atoms with Gasteiger partial charge < -0.3 is 33.2 Å². The second kappa shape index (κ2) is 9.89. The van der Waals surface area contributed by atoms with Crippen molar-refractivity contribution in [3.05, 3.63) is 22.8 Å². The number of rotatable bonds is 10. The standard InChI is InChI=1S/C24H32ClIO8/c1-4-9-29-24-12-23(8-7-14(25)10-13(2)26)32-19-18-16(6-5-15(30-18)11-17(27)28-3)31-21(20(19)33-24)22(24)34-23/h4,14-16,18-22H,1-2,5-12H2,3H3/t14?,15?,16-,18-,19?,20?,21?,22?,23+,24+/m0/s1. The molecule has 0 aromatic rings. The van der Waals surface area contributed by atoms with E-state index in [2.05, 4.69) is 35.7 Å². The van der Waals surface area contributed by atoms with Crippen molar-refractivity contribution in [3.63, 3.8) is 0 Å². The minimum absolute atomic E-state index is 0.0759. The molecule has 6 saturated heterocycles. The van der Waals surface area contributed by atoms with Gasteiger partial charge in [-0.25, -0.2) is 0 Å². The lowest BCUT2D eigenvalue weighted by Gasteiger charge is -2.47. The zero-order chi connectivity index (χ0) is 24.1. The number of fused-ring (bicyclic) bond motifs is 1. The lowest BCUT2D eigenvalue weighted by atomic mass is 9.86. The first-order chi connectivity index (χ1) is 16.3. The molecule has 6 unspecified atom stereocenters. The molecule has 0 N–H and O–H groups in total. The van der Waals surface area contributed by atoms with Crippen LogP contribution in [0.1, 0.15) is 44.9 Å². The maximum absolute atomic E-state index is 11.9. The molecule has 8 nitrogen and oxygen atoms in total. The molecule has 190 valence electrons. The van der Waals surface area contributed by atoms with E-state index in [1.54, 1.807) is 6.08 Å². The van der Waals surface area contributed by atoms with Crippen LogP contribution in [0, 0.1) is 0 Å². The highest BCUT2D eigenvalue weighted by Crippen LogP contribution is 2.59. The maximum Gasteiger partial charge on any atom is 0.308 e. The molecule has 6 fully saturated rings. The zero-order valence-electron chi connectivity index (χ0n) is 19.3. The van der Waals surface area contributed by atoms with Gasteiger partial charge in [-0.15, -0.1) is 18.2 Å². The minimum atomic E-state index is -0.966. The van der Waals surface area contributed by atoms with E-state index in [0.717, 1.165) is 16.4 Å². The van der Waals surface area contributed by atoms with Gasteiger partial charge >= 0.3 is 5.97 Å². The van der Waals surface area contributed by atoms with E-state index in [9.17, 15) is 4.79 Å². The Balaban J connectivity index is 1.40. The predicted molar refractivity (Wildman–Crippen MR) is 131 cm³/mol. The van der Waals surface area contributed by atoms with Crippen LogP contribution >= 0.6 is 34.2 Å². The number of hydrogen-bond donors (Lipinski definition) is 0. The van der Waals surface area contributed by atoms with Gasteiger partial charge in [0.1, 0.15) is 30.5 Å². The molecule has 0 aliphatic carbocycles. The van der Waals surface area contributed by atoms with Gasteiger partial charge in [-0.05, 0) is 51.9 Å². The molecule has 0 amide bonds. The monoisotopic (exact) mass is 610 g/mol. The molecular weight excluding hydrogens is 579 g/mol. The summed E-state index contributed by atoms with van der Waals surface area (Å²) < 4.78 is 44.9. The van der Waals surface area contributed by atoms with E-state index < -0.39 is 29.9 Å². The van der Waals surface area contributed by atoms with E-state index in [4.69, 9.17) is 44.8 Å². The number of carbonyl (C=O) groups excluding carboxylic acids is 1. The van der Waals surface area contributed by atoms with Gasteiger partial charge in [0.2, 0.25) is 5.79 Å². The first-order valence-corrected chi connectivity index (χ1v) is 13.4. The first kappa shape index (κ1) is 25.4. The van der Waals surface area contributed by atoms with Crippen molar-refractivity contribution >= 4 is 40.2 Å². The molecule has 6 bridgehead atoms. The number of halogens is 2. The summed E-state index contributed by atoms with van der Waals surface area (Å²) in [5.74, 6) is -2.18. The Hall–Kier alpha value is -0.270. The fraction of sp³-hybridized carbons (Fsp3) is 0.792. The molecular formula is C24H32ClIO8. The minimum Gasteiger partial charge on any atom is -0.469 e. The summed E-state index contributed by atoms with van der Waals surface area (Å²) in [7, 11) is 1.39. The SMILES string of the molecule is C=CCO[C@]12C[C@]3(CCC(Cl)CC(=C)I)OC4C(O1)C(O[C@H]1CCC(CC(=O)OC)O[C@H]41)C2O3. The van der Waals surface area contributed by atoms with Crippen LogP contribution in [0.25, 0.3) is 0 Å². The molecule has 6 rings (SSSR count). The van der Waals surface area contributed by atoms with E-state index >= 15 is 0 Å². The Morgan fingerprint density at radius 2 is 2.00 bits per heavy atom. The van der Waals surface area contributed by atoms with Crippen LogP contribution in [0.15, 0.2) is 22.8 Å². The van der Waals surface area contributed by atoms with Crippen molar-refractivity contribution < 1.29 is 38.0 Å². The highest BCUT2D eigenvalue weighted by molar-refractivity contribution is 14.1. The normalized spacial score (nSPS) is 44.9. The number of ether oxygens (including phenoxy) is 7. The first-order valence-electron chi connectivity index (χ1n) is 11.9. The molecule has 34 heavy (non-hydrogen) atoms. The highest BCUT2D eigenvalue weighted by atomic mass is 127. The van der Waals surface area contributed by atoms with Crippen molar-refractivity contribution in [2.75, 3.05) is 13.7 Å². The van der Waals surface area contributed by atoms with E-state index in [1.165, 1.54) is 7.11 Å². The van der Waals surface area contributed by atoms with Crippen molar-refractivity contribution in [2.24, 2.45) is 0 Å². The van der Waals surface area contributed by atoms with Crippen LogP contribution in [0.5, 0.6) is 0 Å². The number of allylic oxidation sites excluding steroid dienone is 1. The fourth-order valence-electron chi connectivity index (χ4n) is 6.02. The average Bonchev–Trinajstić information content (AvgIpc) is 3.16. The van der Waals surface area contributed by atoms with Crippen LogP contribution in [-0.4, -0.2) is 79.4 Å². The third-order valence-electron chi connectivity index (χ3n) is 7.42. The number of alkyl halides is 1. The molecule has 0 aromatic heterocycles. The Labute approximate surface area is 218 Å². The fourth-order valence-corrected chi connectivity index (χ4v) is 7.10. The van der Waals surface area contributed by atoms with Crippen molar-refractivity contribution in [2.45, 2.75) is 105 Å². The molecule has 6 aliphatic heterocycles. The van der Waals surface area contributed by atoms with Crippen LogP contribution in [0.3, 0.4) is 0 Å². The molecule has 0 aromatic carbocycles. The van der Waals surface area contributed by atoms with Gasteiger partial charge in [0.05, 0.1) is 38.8 Å². The second-order valence-corrected chi connectivity index (χ2v) is 11.9. The van der Waals surface area contributed by atoms with Gasteiger partial charge in [0, 0.05) is 11.8 Å². The molecule has 10 atom stereocenters. The molecule has 6 aliphatic rings. The Kier molecular flexibility index (Phi) is 7.38. The molecule has 0 radical (unpaired) electrons. The van der Waals surface area contributed by atoms with Gasteiger partial charge in [-0.1, -0.05) is 12.7 Å². The van der Waals surface area contributed by atoms with E-state index in [0.29, 0.717) is 32.3 Å². The molecule has 0 saturated carbocycles. The predicted octanol–water partition coefficient (Wildman–Crippen LogP) is 3.77. The van der Waals surface area contributed by atoms with Gasteiger partial charge in [0.25, 0.3) is 0 Å². The summed E-state index contributed by atoms with van der Waals surface area (Å²) in [5, 5.41) is -0.0759. The summed E-state index contributed by atoms with van der Waals surface area (Å²) in [6.07, 6.45) is 3.48. The zero-order valence-corrected chi connectivity index (χ0v) is 22.2. The number of methoxy groups -OCH3 is 1. The largest absolute Gasteiger partial charge is 0.469 e. The Morgan fingerprint density at radius 1 is 1.21 bits per heavy atom.